The summed E-state index contributed by atoms with van der Waals surface area (Å²) in [6, 6.07) is 8.81. The van der Waals surface area contributed by atoms with Crippen LogP contribution in [0.1, 0.15) is 28.5 Å². The van der Waals surface area contributed by atoms with E-state index in [2.05, 4.69) is 15.0 Å². The largest absolute Gasteiger partial charge is 0.481 e. The molecule has 1 aliphatic heterocycles. The highest BCUT2D eigenvalue weighted by atomic mass is 35.5. The Morgan fingerprint density at radius 3 is 2.93 bits per heavy atom. The van der Waals surface area contributed by atoms with Gasteiger partial charge in [0.2, 0.25) is 5.88 Å². The Morgan fingerprint density at radius 2 is 2.17 bits per heavy atom. The molecule has 9 heteroatoms. The van der Waals surface area contributed by atoms with Crippen molar-refractivity contribution in [3.63, 3.8) is 0 Å². The number of rotatable bonds is 4. The number of aromatic amines is 1. The van der Waals surface area contributed by atoms with Crippen LogP contribution in [-0.4, -0.2) is 46.0 Å². The van der Waals surface area contributed by atoms with Crippen LogP contribution < -0.4 is 10.3 Å². The van der Waals surface area contributed by atoms with Gasteiger partial charge in [0.25, 0.3) is 11.5 Å². The molecule has 30 heavy (non-hydrogen) atoms. The zero-order chi connectivity index (χ0) is 21.3. The smallest absolute Gasteiger partial charge is 0.253 e. The van der Waals surface area contributed by atoms with E-state index in [0.29, 0.717) is 48.0 Å². The van der Waals surface area contributed by atoms with E-state index in [1.165, 1.54) is 31.4 Å². The highest BCUT2D eigenvalue weighted by Crippen LogP contribution is 2.29. The minimum absolute atomic E-state index is 0.0966. The van der Waals surface area contributed by atoms with Crippen LogP contribution in [0.25, 0.3) is 11.3 Å². The minimum Gasteiger partial charge on any atom is -0.481 e. The zero-order valence-corrected chi connectivity index (χ0v) is 16.8. The molecule has 4 rings (SSSR count). The summed E-state index contributed by atoms with van der Waals surface area (Å²) in [5, 5.41) is -0.0966. The first-order chi connectivity index (χ1) is 14.5. The maximum atomic E-state index is 13.4. The zero-order valence-electron chi connectivity index (χ0n) is 16.1. The molecule has 0 radical (unpaired) electrons. The van der Waals surface area contributed by atoms with Crippen molar-refractivity contribution in [2.45, 2.75) is 12.3 Å². The van der Waals surface area contributed by atoms with Crippen molar-refractivity contribution in [3.05, 3.63) is 75.2 Å². The summed E-state index contributed by atoms with van der Waals surface area (Å²) in [5.41, 5.74) is 1.08. The molecule has 1 atom stereocenters. The maximum absolute atomic E-state index is 13.4. The highest BCUT2D eigenvalue weighted by Gasteiger charge is 2.30. The lowest BCUT2D eigenvalue weighted by molar-refractivity contribution is 0.0790. The summed E-state index contributed by atoms with van der Waals surface area (Å²) in [7, 11) is 1.50. The van der Waals surface area contributed by atoms with Gasteiger partial charge in [0.1, 0.15) is 11.6 Å². The number of likely N-dealkylation sites (tertiary alicyclic amines) is 1. The number of halogens is 2. The van der Waals surface area contributed by atoms with Gasteiger partial charge in [0.15, 0.2) is 0 Å². The van der Waals surface area contributed by atoms with E-state index in [9.17, 15) is 14.0 Å². The normalized spacial score (nSPS) is 16.0. The van der Waals surface area contributed by atoms with Gasteiger partial charge in [0.05, 0.1) is 23.4 Å². The molecule has 0 saturated carbocycles. The number of ether oxygens (including phenoxy) is 1. The molecule has 1 amide bonds. The van der Waals surface area contributed by atoms with Gasteiger partial charge in [-0.3, -0.25) is 9.59 Å². The van der Waals surface area contributed by atoms with Crippen LogP contribution in [0.3, 0.4) is 0 Å². The number of amides is 1. The molecule has 3 aromatic rings. The molecule has 1 aromatic carbocycles. The van der Waals surface area contributed by atoms with E-state index in [4.69, 9.17) is 16.3 Å². The number of methoxy groups -OCH3 is 1. The number of carbonyl (C=O) groups is 1. The van der Waals surface area contributed by atoms with Crippen LogP contribution in [0.15, 0.2) is 47.4 Å². The predicted octanol–water partition coefficient (Wildman–Crippen LogP) is 3.26. The fourth-order valence-electron chi connectivity index (χ4n) is 3.54. The molecular formula is C21H18ClFN4O3. The monoisotopic (exact) mass is 428 g/mol. The number of hydrogen-bond acceptors (Lipinski definition) is 5. The molecule has 1 fully saturated rings. The summed E-state index contributed by atoms with van der Waals surface area (Å²) in [5.74, 6) is -0.0854. The van der Waals surface area contributed by atoms with Crippen LogP contribution in [0.4, 0.5) is 4.39 Å². The Morgan fingerprint density at radius 1 is 1.33 bits per heavy atom. The fourth-order valence-corrected chi connectivity index (χ4v) is 3.72. The number of aromatic nitrogens is 3. The van der Waals surface area contributed by atoms with Crippen LogP contribution in [0, 0.1) is 5.82 Å². The van der Waals surface area contributed by atoms with E-state index in [-0.39, 0.29) is 22.4 Å². The molecule has 1 unspecified atom stereocenters. The Hall–Kier alpha value is -3.26. The first-order valence-corrected chi connectivity index (χ1v) is 9.69. The second-order valence-corrected chi connectivity index (χ2v) is 7.35. The number of carbonyl (C=O) groups excluding carboxylic acids is 1. The maximum Gasteiger partial charge on any atom is 0.253 e. The Kier molecular flexibility index (Phi) is 5.50. The summed E-state index contributed by atoms with van der Waals surface area (Å²) in [4.78, 5) is 38.2. The van der Waals surface area contributed by atoms with E-state index in [0.717, 1.165) is 0 Å². The highest BCUT2D eigenvalue weighted by molar-refractivity contribution is 6.31. The van der Waals surface area contributed by atoms with Crippen molar-refractivity contribution < 1.29 is 13.9 Å². The third-order valence-electron chi connectivity index (χ3n) is 5.03. The second-order valence-electron chi connectivity index (χ2n) is 6.94. The molecule has 1 saturated heterocycles. The SMILES string of the molecule is COc1ncccc1-c1cc(=O)[nH]c(C2CCN(C(=O)c3ccc(F)c(Cl)c3)C2)n1. The van der Waals surface area contributed by atoms with Crippen LogP contribution in [0.5, 0.6) is 5.88 Å². The minimum atomic E-state index is -0.572. The molecular weight excluding hydrogens is 411 g/mol. The molecule has 0 spiro atoms. The number of hydrogen-bond donors (Lipinski definition) is 1. The van der Waals surface area contributed by atoms with Gasteiger partial charge >= 0.3 is 0 Å². The summed E-state index contributed by atoms with van der Waals surface area (Å²) >= 11 is 5.80. The number of pyridine rings is 1. The van der Waals surface area contributed by atoms with Crippen molar-refractivity contribution in [3.8, 4) is 17.1 Å². The molecule has 3 heterocycles. The van der Waals surface area contributed by atoms with Crippen LogP contribution in [-0.2, 0) is 0 Å². The quantitative estimate of drug-likeness (QED) is 0.689. The third-order valence-corrected chi connectivity index (χ3v) is 5.32. The predicted molar refractivity (Wildman–Crippen MR) is 109 cm³/mol. The van der Waals surface area contributed by atoms with Gasteiger partial charge < -0.3 is 14.6 Å². The first kappa shape index (κ1) is 20.0. The molecule has 0 aliphatic carbocycles. The molecule has 7 nitrogen and oxygen atoms in total. The number of benzene rings is 1. The van der Waals surface area contributed by atoms with Crippen LogP contribution in [0.2, 0.25) is 5.02 Å². The first-order valence-electron chi connectivity index (χ1n) is 9.31. The van der Waals surface area contributed by atoms with Gasteiger partial charge in [-0.2, -0.15) is 0 Å². The van der Waals surface area contributed by atoms with E-state index in [1.54, 1.807) is 23.2 Å². The molecule has 1 aliphatic rings. The standard InChI is InChI=1S/C21H18ClFN4O3/c1-30-20-14(3-2-7-24-20)17-10-18(28)26-19(25-17)13-6-8-27(11-13)21(29)12-4-5-16(23)15(22)9-12/h2-5,7,9-10,13H,6,8,11H2,1H3,(H,25,26,28). The van der Waals surface area contributed by atoms with Crippen LogP contribution >= 0.6 is 11.6 Å². The Labute approximate surface area is 176 Å². The Balaban J connectivity index is 1.58. The number of nitrogens with one attached hydrogen (secondary N) is 1. The van der Waals surface area contributed by atoms with Gasteiger partial charge in [0, 0.05) is 36.8 Å². The van der Waals surface area contributed by atoms with Crippen molar-refractivity contribution in [1.82, 2.24) is 19.9 Å². The lowest BCUT2D eigenvalue weighted by atomic mass is 10.1. The lowest BCUT2D eigenvalue weighted by Gasteiger charge is -2.17. The summed E-state index contributed by atoms with van der Waals surface area (Å²) < 4.78 is 18.6. The lowest BCUT2D eigenvalue weighted by Crippen LogP contribution is -2.29. The molecule has 1 N–H and O–H groups in total. The topological polar surface area (TPSA) is 88.2 Å². The third kappa shape index (κ3) is 3.91. The number of H-pyrrole nitrogens is 1. The van der Waals surface area contributed by atoms with Crippen molar-refractivity contribution in [2.75, 3.05) is 20.2 Å². The van der Waals surface area contributed by atoms with Crippen molar-refractivity contribution in [1.29, 1.82) is 0 Å². The molecule has 154 valence electrons. The van der Waals surface area contributed by atoms with E-state index >= 15 is 0 Å². The van der Waals surface area contributed by atoms with Crippen molar-refractivity contribution in [2.24, 2.45) is 0 Å². The van der Waals surface area contributed by atoms with Crippen molar-refractivity contribution >= 4 is 17.5 Å². The molecule has 0 bridgehead atoms. The summed E-state index contributed by atoms with van der Waals surface area (Å²) in [6.45, 7) is 0.868. The molecule has 2 aromatic heterocycles. The van der Waals surface area contributed by atoms with Gasteiger partial charge in [-0.05, 0) is 36.8 Å². The van der Waals surface area contributed by atoms with Gasteiger partial charge in [-0.15, -0.1) is 0 Å². The second kappa shape index (κ2) is 8.23. The van der Waals surface area contributed by atoms with E-state index < -0.39 is 5.82 Å². The van der Waals surface area contributed by atoms with Gasteiger partial charge in [-0.25, -0.2) is 14.4 Å². The van der Waals surface area contributed by atoms with E-state index in [1.807, 2.05) is 0 Å². The average Bonchev–Trinajstić information content (AvgIpc) is 3.25. The average molecular weight is 429 g/mol. The summed E-state index contributed by atoms with van der Waals surface area (Å²) in [6.07, 6.45) is 2.23. The fraction of sp³-hybridized carbons (Fsp3) is 0.238. The Bertz CT molecular complexity index is 1170. The number of nitrogens with zero attached hydrogens (tertiary/aromatic N) is 3. The van der Waals surface area contributed by atoms with Gasteiger partial charge in [-0.1, -0.05) is 11.6 Å².